The molecule has 23 heavy (non-hydrogen) atoms. The van der Waals surface area contributed by atoms with Crippen molar-refractivity contribution >= 4 is 5.91 Å². The molecule has 5 rings (SSSR count). The molecule has 4 aliphatic carbocycles. The second kappa shape index (κ2) is 6.54. The summed E-state index contributed by atoms with van der Waals surface area (Å²) >= 11 is 0. The van der Waals surface area contributed by atoms with Gasteiger partial charge in [-0.25, -0.2) is 0 Å². The van der Waals surface area contributed by atoms with Gasteiger partial charge in [-0.1, -0.05) is 18.2 Å². The molecule has 0 spiro atoms. The highest BCUT2D eigenvalue weighted by Crippen LogP contribution is 2.53. The summed E-state index contributed by atoms with van der Waals surface area (Å²) in [5.41, 5.74) is 0. The van der Waals surface area contributed by atoms with Gasteiger partial charge in [0.05, 0.1) is 6.61 Å². The van der Waals surface area contributed by atoms with Crippen molar-refractivity contribution < 1.29 is 9.53 Å². The third kappa shape index (κ3) is 3.39. The first-order valence-corrected chi connectivity index (χ1v) is 9.25. The van der Waals surface area contributed by atoms with E-state index in [0.717, 1.165) is 35.8 Å². The highest BCUT2D eigenvalue weighted by molar-refractivity contribution is 5.76. The first-order chi connectivity index (χ1) is 11.3. The van der Waals surface area contributed by atoms with Crippen LogP contribution in [-0.4, -0.2) is 18.6 Å². The zero-order chi connectivity index (χ0) is 15.6. The molecule has 4 fully saturated rings. The van der Waals surface area contributed by atoms with Crippen molar-refractivity contribution in [3.63, 3.8) is 0 Å². The van der Waals surface area contributed by atoms with E-state index in [0.29, 0.717) is 19.1 Å². The number of amides is 1. The molecule has 4 saturated carbocycles. The summed E-state index contributed by atoms with van der Waals surface area (Å²) in [5, 5.41) is 3.37. The molecule has 0 aromatic heterocycles. The van der Waals surface area contributed by atoms with Gasteiger partial charge in [-0.05, 0) is 74.3 Å². The van der Waals surface area contributed by atoms with Crippen molar-refractivity contribution in [1.82, 2.24) is 5.32 Å². The van der Waals surface area contributed by atoms with E-state index >= 15 is 0 Å². The first-order valence-electron chi connectivity index (χ1n) is 9.25. The van der Waals surface area contributed by atoms with Crippen molar-refractivity contribution in [1.29, 1.82) is 0 Å². The fraction of sp³-hybridized carbons (Fsp3) is 0.650. The predicted molar refractivity (Wildman–Crippen MR) is 90.1 cm³/mol. The van der Waals surface area contributed by atoms with Gasteiger partial charge in [0.2, 0.25) is 5.91 Å². The van der Waals surface area contributed by atoms with Gasteiger partial charge in [-0.3, -0.25) is 4.79 Å². The molecule has 4 aliphatic rings. The lowest BCUT2D eigenvalue weighted by molar-refractivity contribution is -0.125. The maximum atomic E-state index is 12.3. The SMILES string of the molecule is O=C(CCCOc1ccccc1)NC1C2CC3CC(C2)CC1C3. The molecule has 1 amide bonds. The number of benzene rings is 1. The number of carbonyl (C=O) groups is 1. The number of carbonyl (C=O) groups excluding carboxylic acids is 1. The van der Waals surface area contributed by atoms with E-state index in [1.165, 1.54) is 32.1 Å². The quantitative estimate of drug-likeness (QED) is 0.812. The van der Waals surface area contributed by atoms with Crippen LogP contribution in [0.15, 0.2) is 30.3 Å². The lowest BCUT2D eigenvalue weighted by Crippen LogP contribution is -2.55. The molecule has 0 aliphatic heterocycles. The molecule has 1 N–H and O–H groups in total. The van der Waals surface area contributed by atoms with Crippen LogP contribution in [0.5, 0.6) is 5.75 Å². The number of para-hydroxylation sites is 1. The van der Waals surface area contributed by atoms with E-state index in [1.807, 2.05) is 30.3 Å². The van der Waals surface area contributed by atoms with Crippen LogP contribution >= 0.6 is 0 Å². The second-order valence-corrected chi connectivity index (χ2v) is 7.79. The van der Waals surface area contributed by atoms with Gasteiger partial charge in [-0.2, -0.15) is 0 Å². The summed E-state index contributed by atoms with van der Waals surface area (Å²) in [6.45, 7) is 0.610. The Kier molecular flexibility index (Phi) is 4.28. The minimum absolute atomic E-state index is 0.221. The Morgan fingerprint density at radius 2 is 1.65 bits per heavy atom. The van der Waals surface area contributed by atoms with Crippen LogP contribution in [0.4, 0.5) is 0 Å². The molecule has 0 unspecified atom stereocenters. The van der Waals surface area contributed by atoms with Gasteiger partial charge in [0.1, 0.15) is 5.75 Å². The monoisotopic (exact) mass is 313 g/mol. The fourth-order valence-corrected chi connectivity index (χ4v) is 5.36. The molecular formula is C20H27NO2. The minimum atomic E-state index is 0.221. The van der Waals surface area contributed by atoms with Crippen molar-refractivity contribution in [2.24, 2.45) is 23.7 Å². The first kappa shape index (κ1) is 15.0. The summed E-state index contributed by atoms with van der Waals surface area (Å²) in [6, 6.07) is 10.3. The maximum absolute atomic E-state index is 12.3. The smallest absolute Gasteiger partial charge is 0.220 e. The van der Waals surface area contributed by atoms with Crippen LogP contribution in [0.2, 0.25) is 0 Å². The fourth-order valence-electron chi connectivity index (χ4n) is 5.36. The second-order valence-electron chi connectivity index (χ2n) is 7.79. The summed E-state index contributed by atoms with van der Waals surface area (Å²) in [4.78, 5) is 12.3. The Bertz CT molecular complexity index is 514. The zero-order valence-electron chi connectivity index (χ0n) is 13.7. The van der Waals surface area contributed by atoms with E-state index in [-0.39, 0.29) is 5.91 Å². The molecule has 0 radical (unpaired) electrons. The summed E-state index contributed by atoms with van der Waals surface area (Å²) in [7, 11) is 0. The molecule has 3 heteroatoms. The molecule has 1 aromatic rings. The molecule has 1 aromatic carbocycles. The lowest BCUT2D eigenvalue weighted by atomic mass is 9.54. The standard InChI is InChI=1S/C20H27NO2/c22-19(7-4-8-23-18-5-2-1-3-6-18)21-20-16-10-14-9-15(12-16)13-17(20)11-14/h1-3,5-6,14-17,20H,4,7-13H2,(H,21,22). The third-order valence-electron chi connectivity index (χ3n) is 6.11. The highest BCUT2D eigenvalue weighted by atomic mass is 16.5. The Balaban J connectivity index is 1.20. The van der Waals surface area contributed by atoms with Gasteiger partial charge in [0, 0.05) is 12.5 Å². The number of ether oxygens (including phenoxy) is 1. The Morgan fingerprint density at radius 3 is 2.30 bits per heavy atom. The zero-order valence-corrected chi connectivity index (χ0v) is 13.7. The Hall–Kier alpha value is -1.51. The van der Waals surface area contributed by atoms with Crippen molar-refractivity contribution in [2.45, 2.75) is 51.0 Å². The van der Waals surface area contributed by atoms with Gasteiger partial charge < -0.3 is 10.1 Å². The van der Waals surface area contributed by atoms with Crippen LogP contribution in [0.1, 0.15) is 44.9 Å². The minimum Gasteiger partial charge on any atom is -0.494 e. The molecule has 0 heterocycles. The van der Waals surface area contributed by atoms with Crippen molar-refractivity contribution in [2.75, 3.05) is 6.61 Å². The molecule has 0 atom stereocenters. The average molecular weight is 313 g/mol. The lowest BCUT2D eigenvalue weighted by Gasteiger charge is -2.54. The topological polar surface area (TPSA) is 38.3 Å². The third-order valence-corrected chi connectivity index (χ3v) is 6.11. The molecule has 0 saturated heterocycles. The summed E-state index contributed by atoms with van der Waals surface area (Å²) in [6.07, 6.45) is 8.25. The van der Waals surface area contributed by atoms with Crippen LogP contribution in [0.3, 0.4) is 0 Å². The van der Waals surface area contributed by atoms with Crippen LogP contribution in [0, 0.1) is 23.7 Å². The summed E-state index contributed by atoms with van der Waals surface area (Å²) < 4.78 is 5.66. The molecule has 124 valence electrons. The van der Waals surface area contributed by atoms with Crippen LogP contribution in [0.25, 0.3) is 0 Å². The number of nitrogens with one attached hydrogen (secondary N) is 1. The van der Waals surface area contributed by atoms with Crippen LogP contribution in [-0.2, 0) is 4.79 Å². The molecule has 3 nitrogen and oxygen atoms in total. The van der Waals surface area contributed by atoms with E-state index in [1.54, 1.807) is 0 Å². The Morgan fingerprint density at radius 1 is 1.00 bits per heavy atom. The number of hydrogen-bond acceptors (Lipinski definition) is 2. The van der Waals surface area contributed by atoms with E-state index in [2.05, 4.69) is 5.32 Å². The molecular weight excluding hydrogens is 286 g/mol. The molecule has 4 bridgehead atoms. The predicted octanol–water partition coefficient (Wildman–Crippen LogP) is 3.79. The van der Waals surface area contributed by atoms with Gasteiger partial charge >= 0.3 is 0 Å². The normalized spacial score (nSPS) is 34.3. The van der Waals surface area contributed by atoms with Gasteiger partial charge in [0.25, 0.3) is 0 Å². The Labute approximate surface area is 138 Å². The summed E-state index contributed by atoms with van der Waals surface area (Å²) in [5.74, 6) is 4.55. The van der Waals surface area contributed by atoms with Crippen molar-refractivity contribution in [3.05, 3.63) is 30.3 Å². The number of hydrogen-bond donors (Lipinski definition) is 1. The number of rotatable bonds is 6. The largest absolute Gasteiger partial charge is 0.494 e. The van der Waals surface area contributed by atoms with Crippen molar-refractivity contribution in [3.8, 4) is 5.75 Å². The maximum Gasteiger partial charge on any atom is 0.220 e. The average Bonchev–Trinajstić information content (AvgIpc) is 2.55. The van der Waals surface area contributed by atoms with E-state index in [9.17, 15) is 4.79 Å². The highest BCUT2D eigenvalue weighted by Gasteiger charge is 2.48. The van der Waals surface area contributed by atoms with Gasteiger partial charge in [-0.15, -0.1) is 0 Å². The van der Waals surface area contributed by atoms with E-state index in [4.69, 9.17) is 4.74 Å². The van der Waals surface area contributed by atoms with Gasteiger partial charge in [0.15, 0.2) is 0 Å². The van der Waals surface area contributed by atoms with Crippen LogP contribution < -0.4 is 10.1 Å². The van der Waals surface area contributed by atoms with E-state index < -0.39 is 0 Å².